The van der Waals surface area contributed by atoms with Gasteiger partial charge < -0.3 is 24.1 Å². The monoisotopic (exact) mass is 520 g/mol. The van der Waals surface area contributed by atoms with Gasteiger partial charge >= 0.3 is 0 Å². The number of hydrogen-bond acceptors (Lipinski definition) is 5. The fourth-order valence-electron chi connectivity index (χ4n) is 3.21. The average molecular weight is 520 g/mol. The van der Waals surface area contributed by atoms with Gasteiger partial charge in [0, 0.05) is 59.3 Å². The quantitative estimate of drug-likeness (QED) is 0.198. The Labute approximate surface area is 192 Å². The van der Waals surface area contributed by atoms with Crippen LogP contribution in [-0.4, -0.2) is 88.5 Å². The lowest BCUT2D eigenvalue weighted by Crippen LogP contribution is -2.42. The Morgan fingerprint density at radius 2 is 2.17 bits per heavy atom. The van der Waals surface area contributed by atoms with E-state index in [1.807, 2.05) is 12.1 Å². The minimum atomic E-state index is 0. The van der Waals surface area contributed by atoms with Crippen LogP contribution < -0.4 is 5.32 Å². The van der Waals surface area contributed by atoms with Crippen LogP contribution in [-0.2, 0) is 15.9 Å². The zero-order valence-corrected chi connectivity index (χ0v) is 20.0. The predicted octanol–water partition coefficient (Wildman–Crippen LogP) is 2.47. The molecule has 1 saturated heterocycles. The number of nitrogens with zero attached hydrogens (tertiary/aromatic N) is 3. The van der Waals surface area contributed by atoms with Crippen LogP contribution in [0.25, 0.3) is 0 Å². The summed E-state index contributed by atoms with van der Waals surface area (Å²) in [6.45, 7) is 9.01. The van der Waals surface area contributed by atoms with Gasteiger partial charge in [-0.1, -0.05) is 0 Å². The molecule has 166 valence electrons. The molecule has 2 fully saturated rings. The largest absolute Gasteiger partial charge is 0.469 e. The van der Waals surface area contributed by atoms with Gasteiger partial charge in [-0.05, 0) is 37.3 Å². The van der Waals surface area contributed by atoms with Gasteiger partial charge in [0.05, 0.1) is 26.1 Å². The first-order valence-electron chi connectivity index (χ1n) is 10.7. The highest BCUT2D eigenvalue weighted by atomic mass is 127. The summed E-state index contributed by atoms with van der Waals surface area (Å²) in [6, 6.07) is 3.94. The van der Waals surface area contributed by atoms with Crippen molar-refractivity contribution < 1.29 is 13.9 Å². The first-order valence-corrected chi connectivity index (χ1v) is 10.7. The molecule has 0 atom stereocenters. The molecule has 8 heteroatoms. The molecule has 29 heavy (non-hydrogen) atoms. The van der Waals surface area contributed by atoms with Crippen LogP contribution in [0, 0.1) is 5.92 Å². The molecule has 1 N–H and O–H groups in total. The van der Waals surface area contributed by atoms with Gasteiger partial charge in [-0.15, -0.1) is 24.0 Å². The van der Waals surface area contributed by atoms with E-state index in [1.54, 1.807) is 6.26 Å². The van der Waals surface area contributed by atoms with Crippen LogP contribution >= 0.6 is 24.0 Å². The third-order valence-corrected chi connectivity index (χ3v) is 5.22. The second-order valence-corrected chi connectivity index (χ2v) is 7.71. The molecular weight excluding hydrogens is 483 g/mol. The van der Waals surface area contributed by atoms with Crippen molar-refractivity contribution in [3.8, 4) is 0 Å². The summed E-state index contributed by atoms with van der Waals surface area (Å²) in [4.78, 5) is 9.47. The summed E-state index contributed by atoms with van der Waals surface area (Å²) < 4.78 is 16.6. The fourth-order valence-corrected chi connectivity index (χ4v) is 3.21. The third kappa shape index (κ3) is 10.1. The number of halogens is 1. The normalized spacial score (nSPS) is 17.8. The molecule has 0 unspecified atom stereocenters. The SMILES string of the molecule is CN(CCOCC1CC1)C(=NCCCN1CCOCC1)NCCc1ccco1.I. The average Bonchev–Trinajstić information content (AvgIpc) is 3.40. The standard InChI is InChI=1S/C21H36N4O3.HI/c1-24(11-15-27-18-19-5-6-19)21(23-9-7-20-4-2-14-28-20)22-8-3-10-25-12-16-26-17-13-25;/h2,4,14,19H,3,5-13,15-18H2,1H3,(H,22,23);1H. The summed E-state index contributed by atoms with van der Waals surface area (Å²) in [5, 5.41) is 3.49. The van der Waals surface area contributed by atoms with Crippen molar-refractivity contribution in [2.75, 3.05) is 72.7 Å². The Bertz CT molecular complexity index is 560. The van der Waals surface area contributed by atoms with E-state index >= 15 is 0 Å². The molecule has 2 heterocycles. The minimum Gasteiger partial charge on any atom is -0.469 e. The van der Waals surface area contributed by atoms with E-state index in [1.165, 1.54) is 12.8 Å². The molecule has 0 amide bonds. The lowest BCUT2D eigenvalue weighted by atomic mass is 10.3. The minimum absolute atomic E-state index is 0. The maximum Gasteiger partial charge on any atom is 0.193 e. The zero-order valence-electron chi connectivity index (χ0n) is 17.7. The van der Waals surface area contributed by atoms with Crippen LogP contribution in [0.2, 0.25) is 0 Å². The Hall–Kier alpha value is -0.840. The molecule has 1 aromatic rings. The zero-order chi connectivity index (χ0) is 19.4. The van der Waals surface area contributed by atoms with Crippen LogP contribution in [0.1, 0.15) is 25.0 Å². The van der Waals surface area contributed by atoms with Gasteiger partial charge in [-0.3, -0.25) is 9.89 Å². The van der Waals surface area contributed by atoms with Gasteiger partial charge in [-0.25, -0.2) is 0 Å². The van der Waals surface area contributed by atoms with E-state index in [0.29, 0.717) is 0 Å². The van der Waals surface area contributed by atoms with Crippen molar-refractivity contribution in [1.29, 1.82) is 0 Å². The Kier molecular flexibility index (Phi) is 12.0. The van der Waals surface area contributed by atoms with Crippen molar-refractivity contribution in [3.63, 3.8) is 0 Å². The van der Waals surface area contributed by atoms with E-state index in [4.69, 9.17) is 18.9 Å². The van der Waals surface area contributed by atoms with Crippen LogP contribution in [0.15, 0.2) is 27.8 Å². The van der Waals surface area contributed by atoms with Gasteiger partial charge in [0.2, 0.25) is 0 Å². The summed E-state index contributed by atoms with van der Waals surface area (Å²) in [5.41, 5.74) is 0. The molecule has 0 aromatic carbocycles. The Morgan fingerprint density at radius 3 is 2.90 bits per heavy atom. The van der Waals surface area contributed by atoms with Crippen LogP contribution in [0.5, 0.6) is 0 Å². The summed E-state index contributed by atoms with van der Waals surface area (Å²) in [7, 11) is 2.08. The van der Waals surface area contributed by atoms with Crippen molar-refractivity contribution >= 4 is 29.9 Å². The summed E-state index contributed by atoms with van der Waals surface area (Å²) >= 11 is 0. The molecule has 1 aromatic heterocycles. The second kappa shape index (κ2) is 14.2. The predicted molar refractivity (Wildman–Crippen MR) is 126 cm³/mol. The molecule has 2 aliphatic rings. The molecule has 3 rings (SSSR count). The van der Waals surface area contributed by atoms with Crippen molar-refractivity contribution in [3.05, 3.63) is 24.2 Å². The fraction of sp³-hybridized carbons (Fsp3) is 0.762. The molecular formula is C21H37IN4O3. The van der Waals surface area contributed by atoms with Crippen molar-refractivity contribution in [2.24, 2.45) is 10.9 Å². The van der Waals surface area contributed by atoms with Crippen LogP contribution in [0.4, 0.5) is 0 Å². The second-order valence-electron chi connectivity index (χ2n) is 7.71. The van der Waals surface area contributed by atoms with E-state index < -0.39 is 0 Å². The molecule has 1 aliphatic carbocycles. The van der Waals surface area contributed by atoms with E-state index in [9.17, 15) is 0 Å². The van der Waals surface area contributed by atoms with E-state index in [0.717, 1.165) is 96.2 Å². The molecule has 7 nitrogen and oxygen atoms in total. The van der Waals surface area contributed by atoms with Gasteiger partial charge in [0.25, 0.3) is 0 Å². The van der Waals surface area contributed by atoms with Crippen molar-refractivity contribution in [2.45, 2.75) is 25.7 Å². The van der Waals surface area contributed by atoms with Gasteiger partial charge in [0.15, 0.2) is 5.96 Å². The van der Waals surface area contributed by atoms with Crippen LogP contribution in [0.3, 0.4) is 0 Å². The number of morpholine rings is 1. The lowest BCUT2D eigenvalue weighted by molar-refractivity contribution is 0.0377. The number of furan rings is 1. The number of aliphatic imine (C=N–C) groups is 1. The maximum atomic E-state index is 5.79. The molecule has 0 bridgehead atoms. The summed E-state index contributed by atoms with van der Waals surface area (Å²) in [6.07, 6.45) is 6.31. The number of guanidine groups is 1. The van der Waals surface area contributed by atoms with E-state index in [-0.39, 0.29) is 24.0 Å². The lowest BCUT2D eigenvalue weighted by Gasteiger charge is -2.26. The maximum absolute atomic E-state index is 5.79. The van der Waals surface area contributed by atoms with Gasteiger partial charge in [-0.2, -0.15) is 0 Å². The van der Waals surface area contributed by atoms with E-state index in [2.05, 4.69) is 22.2 Å². The number of ether oxygens (including phenoxy) is 2. The first kappa shape index (κ1) is 24.4. The summed E-state index contributed by atoms with van der Waals surface area (Å²) in [5.74, 6) is 2.75. The molecule has 0 radical (unpaired) electrons. The first-order chi connectivity index (χ1) is 13.8. The number of rotatable bonds is 12. The molecule has 1 saturated carbocycles. The Balaban J connectivity index is 0.00000300. The smallest absolute Gasteiger partial charge is 0.193 e. The van der Waals surface area contributed by atoms with Gasteiger partial charge in [0.1, 0.15) is 5.76 Å². The number of hydrogen-bond donors (Lipinski definition) is 1. The highest BCUT2D eigenvalue weighted by Gasteiger charge is 2.21. The highest BCUT2D eigenvalue weighted by molar-refractivity contribution is 14.0. The molecule has 1 aliphatic heterocycles. The highest BCUT2D eigenvalue weighted by Crippen LogP contribution is 2.28. The Morgan fingerprint density at radius 1 is 1.34 bits per heavy atom. The topological polar surface area (TPSA) is 62.5 Å². The number of likely N-dealkylation sites (N-methyl/N-ethyl adjacent to an activating group) is 1. The molecule has 0 spiro atoms. The van der Waals surface area contributed by atoms with Crippen molar-refractivity contribution in [1.82, 2.24) is 15.1 Å². The third-order valence-electron chi connectivity index (χ3n) is 5.22. The number of nitrogens with one attached hydrogen (secondary N) is 1.